The average molecular weight is 790 g/mol. The van der Waals surface area contributed by atoms with E-state index < -0.39 is 18.2 Å². The Morgan fingerprint density at radius 1 is 0.526 bits per heavy atom. The third-order valence-electron chi connectivity index (χ3n) is 9.57. The van der Waals surface area contributed by atoms with Gasteiger partial charge in [0.2, 0.25) is 5.91 Å². The van der Waals surface area contributed by atoms with Crippen molar-refractivity contribution in [2.24, 2.45) is 0 Å². The number of esters is 1. The fourth-order valence-corrected chi connectivity index (χ4v) is 6.18. The molecule has 0 aliphatic rings. The average Bonchev–Trinajstić information content (AvgIpc) is 3.20. The predicted molar refractivity (Wildman–Crippen MR) is 245 cm³/mol. The number of carbonyl (C=O) groups is 2. The fourth-order valence-electron chi connectivity index (χ4n) is 6.18. The van der Waals surface area contributed by atoms with Crippen molar-refractivity contribution in [1.82, 2.24) is 5.32 Å². The van der Waals surface area contributed by atoms with Crippen LogP contribution >= 0.6 is 0 Å². The maximum absolute atomic E-state index is 13.1. The highest BCUT2D eigenvalue weighted by atomic mass is 16.5. The molecule has 0 aromatic heterocycles. The lowest BCUT2D eigenvalue weighted by Crippen LogP contribution is -2.46. The molecule has 0 aliphatic carbocycles. The second kappa shape index (κ2) is 43.6. The van der Waals surface area contributed by atoms with E-state index in [0.29, 0.717) is 19.3 Å². The van der Waals surface area contributed by atoms with Crippen LogP contribution in [0.1, 0.15) is 175 Å². The fraction of sp³-hybridized carbons (Fsp3) is 0.608. The lowest BCUT2D eigenvalue weighted by atomic mass is 10.0. The Morgan fingerprint density at radius 2 is 0.947 bits per heavy atom. The molecule has 322 valence electrons. The van der Waals surface area contributed by atoms with E-state index in [1.807, 2.05) is 91.1 Å². The van der Waals surface area contributed by atoms with Crippen molar-refractivity contribution in [1.29, 1.82) is 0 Å². The van der Waals surface area contributed by atoms with Crippen molar-refractivity contribution in [3.63, 3.8) is 0 Å². The zero-order valence-electron chi connectivity index (χ0n) is 36.4. The Hall–Kier alpha value is -3.48. The highest BCUT2D eigenvalue weighted by Crippen LogP contribution is 2.16. The maximum Gasteiger partial charge on any atom is 0.306 e. The van der Waals surface area contributed by atoms with Crippen molar-refractivity contribution in [3.05, 3.63) is 109 Å². The molecule has 0 fully saturated rings. The molecule has 0 heterocycles. The minimum atomic E-state index is -0.822. The monoisotopic (exact) mass is 790 g/mol. The molecule has 0 saturated heterocycles. The van der Waals surface area contributed by atoms with Gasteiger partial charge in [0.05, 0.1) is 25.2 Å². The van der Waals surface area contributed by atoms with Gasteiger partial charge in [0.15, 0.2) is 0 Å². The molecule has 57 heavy (non-hydrogen) atoms. The number of ether oxygens (including phenoxy) is 1. The number of aliphatic hydroxyl groups excluding tert-OH is 2. The Balaban J connectivity index is 4.77. The Bertz CT molecular complexity index is 1200. The quantitative estimate of drug-likeness (QED) is 0.0329. The smallest absolute Gasteiger partial charge is 0.306 e. The number of aliphatic hydroxyl groups is 2. The van der Waals surface area contributed by atoms with Crippen LogP contribution in [0.4, 0.5) is 0 Å². The normalized spacial score (nSPS) is 14.4. The number of amides is 1. The highest BCUT2D eigenvalue weighted by Gasteiger charge is 2.23. The molecule has 0 bridgehead atoms. The zero-order valence-corrected chi connectivity index (χ0v) is 36.4. The van der Waals surface area contributed by atoms with E-state index in [2.05, 4.69) is 44.3 Å². The van der Waals surface area contributed by atoms with Crippen LogP contribution in [0.3, 0.4) is 0 Å². The maximum atomic E-state index is 13.1. The Labute approximate surface area is 349 Å². The first kappa shape index (κ1) is 53.5. The van der Waals surface area contributed by atoms with Crippen LogP contribution in [0, 0.1) is 0 Å². The summed E-state index contributed by atoms with van der Waals surface area (Å²) in [6, 6.07) is -0.743. The van der Waals surface area contributed by atoms with Crippen LogP contribution in [-0.2, 0) is 14.3 Å². The molecule has 0 aromatic rings. The van der Waals surface area contributed by atoms with Gasteiger partial charge in [-0.25, -0.2) is 0 Å². The summed E-state index contributed by atoms with van der Waals surface area (Å²) >= 11 is 0. The number of allylic oxidation sites excluding steroid dienone is 18. The van der Waals surface area contributed by atoms with Gasteiger partial charge in [-0.3, -0.25) is 9.59 Å². The summed E-state index contributed by atoms with van der Waals surface area (Å²) in [5.41, 5.74) is 0. The van der Waals surface area contributed by atoms with Crippen molar-refractivity contribution in [3.8, 4) is 0 Å². The van der Waals surface area contributed by atoms with Gasteiger partial charge in [-0.15, -0.1) is 0 Å². The van der Waals surface area contributed by atoms with Crippen LogP contribution in [0.15, 0.2) is 109 Å². The van der Waals surface area contributed by atoms with Crippen molar-refractivity contribution in [2.75, 3.05) is 6.61 Å². The molecule has 6 heteroatoms. The predicted octanol–water partition coefficient (Wildman–Crippen LogP) is 13.2. The highest BCUT2D eigenvalue weighted by molar-refractivity contribution is 5.77. The van der Waals surface area contributed by atoms with Crippen LogP contribution in [0.25, 0.3) is 0 Å². The molecule has 0 aromatic carbocycles. The number of hydrogen-bond donors (Lipinski definition) is 3. The number of nitrogens with one attached hydrogen (secondary N) is 1. The topological polar surface area (TPSA) is 95.9 Å². The lowest BCUT2D eigenvalue weighted by molar-refractivity contribution is -0.151. The van der Waals surface area contributed by atoms with Gasteiger partial charge in [-0.2, -0.15) is 0 Å². The van der Waals surface area contributed by atoms with Gasteiger partial charge in [0, 0.05) is 6.42 Å². The first-order valence-electron chi connectivity index (χ1n) is 22.7. The van der Waals surface area contributed by atoms with E-state index in [-0.39, 0.29) is 31.3 Å². The molecular weight excluding hydrogens is 707 g/mol. The molecule has 6 nitrogen and oxygen atoms in total. The van der Waals surface area contributed by atoms with E-state index in [0.717, 1.165) is 51.4 Å². The zero-order chi connectivity index (χ0) is 41.7. The van der Waals surface area contributed by atoms with Crippen molar-refractivity contribution in [2.45, 2.75) is 193 Å². The van der Waals surface area contributed by atoms with Crippen molar-refractivity contribution < 1.29 is 24.5 Å². The van der Waals surface area contributed by atoms with Crippen molar-refractivity contribution >= 4 is 11.9 Å². The van der Waals surface area contributed by atoms with E-state index in [4.69, 9.17) is 4.74 Å². The largest absolute Gasteiger partial charge is 0.462 e. The lowest BCUT2D eigenvalue weighted by Gasteiger charge is -2.24. The summed E-state index contributed by atoms with van der Waals surface area (Å²) in [7, 11) is 0. The Kier molecular flexibility index (Phi) is 41.0. The second-order valence-corrected chi connectivity index (χ2v) is 14.9. The van der Waals surface area contributed by atoms with Gasteiger partial charge in [0.1, 0.15) is 6.10 Å². The second-order valence-electron chi connectivity index (χ2n) is 14.9. The number of unbranched alkanes of at least 4 members (excludes halogenated alkanes) is 15. The molecule has 3 N–H and O–H groups in total. The summed E-state index contributed by atoms with van der Waals surface area (Å²) in [5.74, 6) is -0.645. The molecule has 3 atom stereocenters. The van der Waals surface area contributed by atoms with Gasteiger partial charge >= 0.3 is 5.97 Å². The summed E-state index contributed by atoms with van der Waals surface area (Å²) in [6.07, 6.45) is 58.7. The standard InChI is InChI=1S/C51H83NO5/c1-4-7-10-13-16-19-22-24-26-28-31-34-37-40-43-49(54)48(46-53)52-50(55)45-47(42-39-36-33-30-27-21-18-15-12-9-6-3)57-51(56)44-41-38-35-32-29-25-23-20-17-14-11-8-5-2/h8-9,11-12,14-15,17-18,20-21,23,25,27,29-30,32-33,35,47-49,53-54H,4-7,10,13,16,19,22,24,26,28,31,34,36-46H2,1-3H3,(H,52,55)/b11-8+,12-9+,17-14+,18-15+,23-20-,27-21-,29-25-,33-30-,35-32+. The van der Waals surface area contributed by atoms with Crippen LogP contribution in [-0.4, -0.2) is 46.9 Å². The van der Waals surface area contributed by atoms with Gasteiger partial charge in [0.25, 0.3) is 0 Å². The van der Waals surface area contributed by atoms with Gasteiger partial charge < -0.3 is 20.3 Å². The van der Waals surface area contributed by atoms with Crippen LogP contribution in [0.2, 0.25) is 0 Å². The van der Waals surface area contributed by atoms with Gasteiger partial charge in [-0.1, -0.05) is 220 Å². The first-order valence-corrected chi connectivity index (χ1v) is 22.7. The molecule has 0 rings (SSSR count). The number of rotatable bonds is 38. The van der Waals surface area contributed by atoms with E-state index in [1.165, 1.54) is 70.6 Å². The molecule has 1 amide bonds. The molecule has 0 saturated carbocycles. The van der Waals surface area contributed by atoms with E-state index >= 15 is 0 Å². The van der Waals surface area contributed by atoms with E-state index in [9.17, 15) is 19.8 Å². The third kappa shape index (κ3) is 39.1. The third-order valence-corrected chi connectivity index (χ3v) is 9.57. The van der Waals surface area contributed by atoms with Crippen LogP contribution < -0.4 is 5.32 Å². The SMILES string of the molecule is CC/C=C/C=C/C=C\C=C/C=C/CCCC(=O)OC(CCC\C=C/C=C\C=C\C=C\CC)CC(=O)NC(CO)C(O)CCCCCCCCCCCCCCCC. The minimum Gasteiger partial charge on any atom is -0.462 e. The first-order chi connectivity index (χ1) is 28.0. The van der Waals surface area contributed by atoms with Crippen LogP contribution in [0.5, 0.6) is 0 Å². The minimum absolute atomic E-state index is 0.00417. The molecule has 0 aliphatic heterocycles. The molecule has 3 unspecified atom stereocenters. The van der Waals surface area contributed by atoms with Gasteiger partial charge in [-0.05, 0) is 51.4 Å². The summed E-state index contributed by atoms with van der Waals surface area (Å²) in [4.78, 5) is 25.9. The number of carbonyl (C=O) groups excluding carboxylic acids is 2. The summed E-state index contributed by atoms with van der Waals surface area (Å²) < 4.78 is 5.82. The molecular formula is C51H83NO5. The van der Waals surface area contributed by atoms with E-state index in [1.54, 1.807) is 0 Å². The number of hydrogen-bond acceptors (Lipinski definition) is 5. The molecule has 0 spiro atoms. The summed E-state index contributed by atoms with van der Waals surface area (Å²) in [6.45, 7) is 6.13. The molecule has 0 radical (unpaired) electrons. The Morgan fingerprint density at radius 3 is 1.40 bits per heavy atom. The summed E-state index contributed by atoms with van der Waals surface area (Å²) in [5, 5.41) is 23.6.